The Labute approximate surface area is 143 Å². The maximum Gasteiger partial charge on any atom is 0.195 e. The van der Waals surface area contributed by atoms with Crippen LogP contribution in [-0.4, -0.2) is 14.8 Å². The Hall–Kier alpha value is -1.40. The van der Waals surface area contributed by atoms with Crippen molar-refractivity contribution in [2.75, 3.05) is 0 Å². The molecule has 0 saturated carbocycles. The standard InChI is InChI=1S/C16H18BrN3OS/c1-3-7-20-14(18-19-16(20)22)9-21-15-12-6-4-5-11(12)10(2)8-13(15)17/h3,8H,1,4-7,9H2,2H3,(H,19,22). The van der Waals surface area contributed by atoms with Crippen LogP contribution < -0.4 is 4.74 Å². The summed E-state index contributed by atoms with van der Waals surface area (Å²) in [5.74, 6) is 1.72. The van der Waals surface area contributed by atoms with E-state index >= 15 is 0 Å². The van der Waals surface area contributed by atoms with Crippen LogP contribution in [-0.2, 0) is 26.0 Å². The molecule has 1 aliphatic rings. The van der Waals surface area contributed by atoms with Crippen molar-refractivity contribution in [3.63, 3.8) is 0 Å². The summed E-state index contributed by atoms with van der Waals surface area (Å²) in [6.45, 7) is 6.92. The van der Waals surface area contributed by atoms with Gasteiger partial charge in [0.05, 0.1) is 4.47 Å². The molecule has 3 rings (SSSR count). The Morgan fingerprint density at radius 2 is 2.27 bits per heavy atom. The van der Waals surface area contributed by atoms with E-state index < -0.39 is 0 Å². The van der Waals surface area contributed by atoms with Crippen LogP contribution in [0.15, 0.2) is 23.2 Å². The average Bonchev–Trinajstić information content (AvgIpc) is 3.09. The zero-order chi connectivity index (χ0) is 15.7. The Kier molecular flexibility index (Phi) is 4.49. The molecule has 0 fully saturated rings. The molecule has 116 valence electrons. The van der Waals surface area contributed by atoms with E-state index in [9.17, 15) is 0 Å². The molecular formula is C16H18BrN3OS. The second-order valence-corrected chi connectivity index (χ2v) is 6.69. The first kappa shape index (κ1) is 15.5. The number of allylic oxidation sites excluding steroid dienone is 1. The van der Waals surface area contributed by atoms with Gasteiger partial charge in [-0.05, 0) is 77.1 Å². The number of benzene rings is 1. The van der Waals surface area contributed by atoms with Gasteiger partial charge in [0.2, 0.25) is 0 Å². The summed E-state index contributed by atoms with van der Waals surface area (Å²) in [4.78, 5) is 0. The zero-order valence-electron chi connectivity index (χ0n) is 12.5. The Morgan fingerprint density at radius 1 is 1.50 bits per heavy atom. The lowest BCUT2D eigenvalue weighted by molar-refractivity contribution is 0.285. The summed E-state index contributed by atoms with van der Waals surface area (Å²) in [6.07, 6.45) is 5.21. The normalized spacial score (nSPS) is 13.2. The van der Waals surface area contributed by atoms with E-state index in [1.807, 2.05) is 4.57 Å². The van der Waals surface area contributed by atoms with E-state index in [1.165, 1.54) is 23.1 Å². The van der Waals surface area contributed by atoms with Crippen LogP contribution >= 0.6 is 28.1 Å². The third kappa shape index (κ3) is 2.77. The zero-order valence-corrected chi connectivity index (χ0v) is 14.9. The molecule has 1 aliphatic carbocycles. The first-order valence-corrected chi connectivity index (χ1v) is 8.50. The molecule has 0 bridgehead atoms. The van der Waals surface area contributed by atoms with Crippen molar-refractivity contribution in [1.82, 2.24) is 14.8 Å². The summed E-state index contributed by atoms with van der Waals surface area (Å²) >= 11 is 8.86. The largest absolute Gasteiger partial charge is 0.484 e. The SMILES string of the molecule is C=CCn1c(COc2c(Br)cc(C)c3c2CCC3)n[nH]c1=S. The number of aromatic nitrogens is 3. The van der Waals surface area contributed by atoms with Crippen molar-refractivity contribution >= 4 is 28.1 Å². The molecule has 0 atom stereocenters. The Morgan fingerprint density at radius 3 is 3.05 bits per heavy atom. The second kappa shape index (κ2) is 6.38. The number of aromatic amines is 1. The number of nitrogens with one attached hydrogen (secondary N) is 1. The number of nitrogens with zero attached hydrogens (tertiary/aromatic N) is 2. The van der Waals surface area contributed by atoms with Crippen molar-refractivity contribution in [1.29, 1.82) is 0 Å². The molecule has 0 saturated heterocycles. The molecule has 0 spiro atoms. The van der Waals surface area contributed by atoms with Gasteiger partial charge in [-0.3, -0.25) is 9.67 Å². The molecule has 0 radical (unpaired) electrons. The van der Waals surface area contributed by atoms with Gasteiger partial charge in [0.25, 0.3) is 0 Å². The van der Waals surface area contributed by atoms with Crippen molar-refractivity contribution in [2.24, 2.45) is 0 Å². The van der Waals surface area contributed by atoms with E-state index in [1.54, 1.807) is 6.08 Å². The average molecular weight is 380 g/mol. The molecule has 4 nitrogen and oxygen atoms in total. The van der Waals surface area contributed by atoms with Gasteiger partial charge in [-0.25, -0.2) is 0 Å². The molecular weight excluding hydrogens is 362 g/mol. The third-order valence-corrected chi connectivity index (χ3v) is 4.92. The summed E-state index contributed by atoms with van der Waals surface area (Å²) < 4.78 is 9.58. The third-order valence-electron chi connectivity index (χ3n) is 4.02. The minimum Gasteiger partial charge on any atom is -0.484 e. The molecule has 1 N–H and O–H groups in total. The van der Waals surface area contributed by atoms with Crippen molar-refractivity contribution in [3.8, 4) is 5.75 Å². The molecule has 1 aromatic carbocycles. The second-order valence-electron chi connectivity index (χ2n) is 5.45. The molecule has 22 heavy (non-hydrogen) atoms. The predicted octanol–water partition coefficient (Wildman–Crippen LogP) is 4.27. The lowest BCUT2D eigenvalue weighted by Crippen LogP contribution is -2.08. The molecule has 2 aromatic rings. The van der Waals surface area contributed by atoms with Gasteiger partial charge >= 0.3 is 0 Å². The molecule has 0 unspecified atom stereocenters. The fourth-order valence-corrected chi connectivity index (χ4v) is 3.91. The topological polar surface area (TPSA) is 42.8 Å². The highest BCUT2D eigenvalue weighted by Gasteiger charge is 2.21. The van der Waals surface area contributed by atoms with Gasteiger partial charge in [-0.1, -0.05) is 6.08 Å². The number of H-pyrrole nitrogens is 1. The number of fused-ring (bicyclic) bond motifs is 1. The van der Waals surface area contributed by atoms with Crippen LogP contribution in [0.2, 0.25) is 0 Å². The molecule has 1 aromatic heterocycles. The van der Waals surface area contributed by atoms with E-state index in [-0.39, 0.29) is 0 Å². The lowest BCUT2D eigenvalue weighted by Gasteiger charge is -2.15. The van der Waals surface area contributed by atoms with Crippen LogP contribution in [0.25, 0.3) is 0 Å². The monoisotopic (exact) mass is 379 g/mol. The van der Waals surface area contributed by atoms with E-state index in [0.29, 0.717) is 17.9 Å². The fourth-order valence-electron chi connectivity index (χ4n) is 2.99. The van der Waals surface area contributed by atoms with Crippen LogP contribution in [0.3, 0.4) is 0 Å². The Bertz CT molecular complexity index is 778. The minimum atomic E-state index is 0.384. The highest BCUT2D eigenvalue weighted by molar-refractivity contribution is 9.10. The van der Waals surface area contributed by atoms with Crippen LogP contribution in [0.5, 0.6) is 5.75 Å². The van der Waals surface area contributed by atoms with Crippen LogP contribution in [0.1, 0.15) is 28.9 Å². The quantitative estimate of drug-likeness (QED) is 0.623. The number of ether oxygens (including phenoxy) is 1. The van der Waals surface area contributed by atoms with Crippen LogP contribution in [0.4, 0.5) is 0 Å². The van der Waals surface area contributed by atoms with E-state index in [0.717, 1.165) is 28.9 Å². The molecule has 6 heteroatoms. The van der Waals surface area contributed by atoms with Crippen LogP contribution in [0, 0.1) is 11.7 Å². The predicted molar refractivity (Wildman–Crippen MR) is 92.8 cm³/mol. The molecule has 0 aliphatic heterocycles. The fraction of sp³-hybridized carbons (Fsp3) is 0.375. The van der Waals surface area contributed by atoms with Gasteiger partial charge in [0, 0.05) is 6.54 Å². The maximum absolute atomic E-state index is 6.09. The van der Waals surface area contributed by atoms with Gasteiger partial charge in [0.1, 0.15) is 12.4 Å². The van der Waals surface area contributed by atoms with Crippen molar-refractivity contribution < 1.29 is 4.74 Å². The number of hydrogen-bond acceptors (Lipinski definition) is 3. The summed E-state index contributed by atoms with van der Waals surface area (Å²) in [7, 11) is 0. The van der Waals surface area contributed by atoms with E-state index in [4.69, 9.17) is 17.0 Å². The highest BCUT2D eigenvalue weighted by atomic mass is 79.9. The van der Waals surface area contributed by atoms with Gasteiger partial charge in [0.15, 0.2) is 10.6 Å². The van der Waals surface area contributed by atoms with Gasteiger partial charge in [-0.15, -0.1) is 6.58 Å². The first-order valence-electron chi connectivity index (χ1n) is 7.30. The smallest absolute Gasteiger partial charge is 0.195 e. The number of rotatable bonds is 5. The number of aryl methyl sites for hydroxylation is 1. The van der Waals surface area contributed by atoms with Gasteiger partial charge < -0.3 is 4.74 Å². The minimum absolute atomic E-state index is 0.384. The summed E-state index contributed by atoms with van der Waals surface area (Å²) in [5.41, 5.74) is 4.10. The highest BCUT2D eigenvalue weighted by Crippen LogP contribution is 2.39. The molecule has 0 amide bonds. The van der Waals surface area contributed by atoms with Crippen molar-refractivity contribution in [2.45, 2.75) is 39.3 Å². The van der Waals surface area contributed by atoms with E-state index in [2.05, 4.69) is 45.7 Å². The lowest BCUT2D eigenvalue weighted by atomic mass is 10.0. The molecule has 1 heterocycles. The first-order chi connectivity index (χ1) is 10.6. The van der Waals surface area contributed by atoms with Crippen molar-refractivity contribution in [3.05, 3.63) is 50.5 Å². The summed E-state index contributed by atoms with van der Waals surface area (Å²) in [5, 5.41) is 7.06. The number of hydrogen-bond donors (Lipinski definition) is 1. The Balaban J connectivity index is 1.88. The number of halogens is 1. The summed E-state index contributed by atoms with van der Waals surface area (Å²) in [6, 6.07) is 2.14. The maximum atomic E-state index is 6.09. The van der Waals surface area contributed by atoms with Gasteiger partial charge in [-0.2, -0.15) is 5.10 Å².